The van der Waals surface area contributed by atoms with Crippen LogP contribution in [0.25, 0.3) is 0 Å². The maximum atomic E-state index is 12.9. The summed E-state index contributed by atoms with van der Waals surface area (Å²) in [4.78, 5) is 26.5. The van der Waals surface area contributed by atoms with Crippen LogP contribution in [-0.2, 0) is 20.7 Å². The summed E-state index contributed by atoms with van der Waals surface area (Å²) in [5, 5.41) is 0. The molecule has 2 aromatic rings. The number of hydrogen-bond donors (Lipinski definition) is 0. The Bertz CT molecular complexity index is 868. The number of halogens is 1. The first-order valence-electron chi connectivity index (χ1n) is 9.43. The van der Waals surface area contributed by atoms with Gasteiger partial charge < -0.3 is 19.1 Å². The molecule has 29 heavy (non-hydrogen) atoms. The van der Waals surface area contributed by atoms with E-state index in [0.29, 0.717) is 23.6 Å². The minimum atomic E-state index is -0.528. The van der Waals surface area contributed by atoms with E-state index in [4.69, 9.17) is 14.2 Å². The number of esters is 1. The van der Waals surface area contributed by atoms with E-state index in [1.165, 1.54) is 24.3 Å². The van der Waals surface area contributed by atoms with Gasteiger partial charge in [-0.05, 0) is 48.7 Å². The number of benzene rings is 2. The molecule has 1 heterocycles. The highest BCUT2D eigenvalue weighted by atomic mass is 19.1. The van der Waals surface area contributed by atoms with Crippen molar-refractivity contribution in [2.24, 2.45) is 0 Å². The van der Waals surface area contributed by atoms with Gasteiger partial charge in [-0.1, -0.05) is 12.1 Å². The lowest BCUT2D eigenvalue weighted by molar-refractivity contribution is -0.151. The summed E-state index contributed by atoms with van der Waals surface area (Å²) in [6, 6.07) is 10.9. The van der Waals surface area contributed by atoms with Gasteiger partial charge in [0.1, 0.15) is 17.3 Å². The van der Waals surface area contributed by atoms with Gasteiger partial charge in [-0.15, -0.1) is 0 Å². The molecule has 1 saturated heterocycles. The molecule has 0 aliphatic carbocycles. The fourth-order valence-corrected chi connectivity index (χ4v) is 3.53. The summed E-state index contributed by atoms with van der Waals surface area (Å²) in [6.45, 7) is 0.252. The molecule has 0 saturated carbocycles. The van der Waals surface area contributed by atoms with E-state index in [-0.39, 0.29) is 30.8 Å². The Hall–Kier alpha value is -3.09. The molecule has 0 bridgehead atoms. The van der Waals surface area contributed by atoms with Gasteiger partial charge >= 0.3 is 5.97 Å². The Labute approximate surface area is 169 Å². The third-order valence-electron chi connectivity index (χ3n) is 4.99. The predicted octanol–water partition coefficient (Wildman–Crippen LogP) is 3.29. The fraction of sp³-hybridized carbons (Fsp3) is 0.364. The standard InChI is InChI=1S/C22H24FNO5/c1-27-17-9-10-20(28-2)18(13-17)19-4-3-11-24(19)21(25)14-29-22(26)12-15-5-7-16(23)8-6-15/h5-10,13,19H,3-4,11-12,14H2,1-2H3/t19-/m1/s1. The average Bonchev–Trinajstić information content (AvgIpc) is 3.23. The molecule has 1 fully saturated rings. The van der Waals surface area contributed by atoms with E-state index in [1.54, 1.807) is 25.2 Å². The molecule has 3 rings (SSSR count). The van der Waals surface area contributed by atoms with Gasteiger partial charge in [0.25, 0.3) is 5.91 Å². The maximum Gasteiger partial charge on any atom is 0.310 e. The van der Waals surface area contributed by atoms with Crippen molar-refractivity contribution in [2.75, 3.05) is 27.4 Å². The topological polar surface area (TPSA) is 65.1 Å². The zero-order valence-corrected chi connectivity index (χ0v) is 16.5. The Morgan fingerprint density at radius 1 is 1.10 bits per heavy atom. The van der Waals surface area contributed by atoms with Crippen molar-refractivity contribution >= 4 is 11.9 Å². The molecule has 0 N–H and O–H groups in total. The Morgan fingerprint density at radius 3 is 2.55 bits per heavy atom. The summed E-state index contributed by atoms with van der Waals surface area (Å²) in [5.74, 6) is 0.212. The van der Waals surface area contributed by atoms with Crippen molar-refractivity contribution in [1.82, 2.24) is 4.90 Å². The number of likely N-dealkylation sites (tertiary alicyclic amines) is 1. The van der Waals surface area contributed by atoms with Crippen molar-refractivity contribution in [1.29, 1.82) is 0 Å². The number of methoxy groups -OCH3 is 2. The van der Waals surface area contributed by atoms with Crippen LogP contribution in [0, 0.1) is 5.82 Å². The minimum absolute atomic E-state index is 0.0132. The number of ether oxygens (including phenoxy) is 3. The lowest BCUT2D eigenvalue weighted by Gasteiger charge is -2.26. The highest BCUT2D eigenvalue weighted by Gasteiger charge is 2.32. The lowest BCUT2D eigenvalue weighted by Crippen LogP contribution is -2.34. The molecule has 154 valence electrons. The van der Waals surface area contributed by atoms with E-state index in [0.717, 1.165) is 18.4 Å². The van der Waals surface area contributed by atoms with Crippen LogP contribution in [0.2, 0.25) is 0 Å². The van der Waals surface area contributed by atoms with Gasteiger partial charge in [0.2, 0.25) is 0 Å². The van der Waals surface area contributed by atoms with Crippen molar-refractivity contribution in [3.63, 3.8) is 0 Å². The van der Waals surface area contributed by atoms with Crippen LogP contribution >= 0.6 is 0 Å². The van der Waals surface area contributed by atoms with Crippen molar-refractivity contribution in [3.05, 3.63) is 59.4 Å². The predicted molar refractivity (Wildman–Crippen MR) is 104 cm³/mol. The van der Waals surface area contributed by atoms with Crippen molar-refractivity contribution < 1.29 is 28.2 Å². The van der Waals surface area contributed by atoms with E-state index in [1.807, 2.05) is 12.1 Å². The SMILES string of the molecule is COc1ccc(OC)c([C@H]2CCCN2C(=O)COC(=O)Cc2ccc(F)cc2)c1. The summed E-state index contributed by atoms with van der Waals surface area (Å²) in [7, 11) is 3.17. The Kier molecular flexibility index (Phi) is 6.69. The summed E-state index contributed by atoms with van der Waals surface area (Å²) >= 11 is 0. The molecule has 6 nitrogen and oxygen atoms in total. The molecule has 1 aliphatic rings. The molecule has 0 unspecified atom stereocenters. The number of carbonyl (C=O) groups is 2. The van der Waals surface area contributed by atoms with Crippen LogP contribution in [0.3, 0.4) is 0 Å². The van der Waals surface area contributed by atoms with E-state index >= 15 is 0 Å². The van der Waals surface area contributed by atoms with Crippen molar-refractivity contribution in [3.8, 4) is 11.5 Å². The summed E-state index contributed by atoms with van der Waals surface area (Å²) in [6.07, 6.45) is 1.62. The quantitative estimate of drug-likeness (QED) is 0.666. The van der Waals surface area contributed by atoms with Gasteiger partial charge in [-0.3, -0.25) is 9.59 Å². The fourth-order valence-electron chi connectivity index (χ4n) is 3.53. The van der Waals surface area contributed by atoms with E-state index < -0.39 is 5.97 Å². The van der Waals surface area contributed by atoms with Gasteiger partial charge in [0.15, 0.2) is 6.61 Å². The van der Waals surface area contributed by atoms with Crippen LogP contribution in [-0.4, -0.2) is 44.1 Å². The van der Waals surface area contributed by atoms with Gasteiger partial charge in [-0.25, -0.2) is 4.39 Å². The number of hydrogen-bond acceptors (Lipinski definition) is 5. The smallest absolute Gasteiger partial charge is 0.310 e. The monoisotopic (exact) mass is 401 g/mol. The van der Waals surface area contributed by atoms with Crippen LogP contribution < -0.4 is 9.47 Å². The zero-order chi connectivity index (χ0) is 20.8. The largest absolute Gasteiger partial charge is 0.497 e. The Balaban J connectivity index is 1.63. The molecule has 7 heteroatoms. The number of amides is 1. The van der Waals surface area contributed by atoms with E-state index in [9.17, 15) is 14.0 Å². The van der Waals surface area contributed by atoms with E-state index in [2.05, 4.69) is 0 Å². The zero-order valence-electron chi connectivity index (χ0n) is 16.5. The second-order valence-electron chi connectivity index (χ2n) is 6.82. The van der Waals surface area contributed by atoms with Gasteiger partial charge in [0, 0.05) is 12.1 Å². The second-order valence-corrected chi connectivity index (χ2v) is 6.82. The van der Waals surface area contributed by atoms with Crippen LogP contribution in [0.1, 0.15) is 30.0 Å². The number of carbonyl (C=O) groups excluding carboxylic acids is 2. The van der Waals surface area contributed by atoms with Crippen molar-refractivity contribution in [2.45, 2.75) is 25.3 Å². The highest BCUT2D eigenvalue weighted by Crippen LogP contribution is 2.38. The lowest BCUT2D eigenvalue weighted by atomic mass is 10.0. The maximum absolute atomic E-state index is 12.9. The molecule has 1 amide bonds. The molecule has 0 aromatic heterocycles. The van der Waals surface area contributed by atoms with Crippen LogP contribution in [0.15, 0.2) is 42.5 Å². The second kappa shape index (κ2) is 9.41. The summed E-state index contributed by atoms with van der Waals surface area (Å²) in [5.41, 5.74) is 1.50. The van der Waals surface area contributed by atoms with Crippen LogP contribution in [0.5, 0.6) is 11.5 Å². The molecular formula is C22H24FNO5. The molecule has 1 aliphatic heterocycles. The first-order valence-corrected chi connectivity index (χ1v) is 9.43. The molecule has 0 radical (unpaired) electrons. The average molecular weight is 401 g/mol. The first-order chi connectivity index (χ1) is 14.0. The number of rotatable bonds is 7. The molecular weight excluding hydrogens is 377 g/mol. The molecule has 2 aromatic carbocycles. The van der Waals surface area contributed by atoms with Gasteiger partial charge in [-0.2, -0.15) is 0 Å². The Morgan fingerprint density at radius 2 is 1.86 bits per heavy atom. The number of nitrogens with zero attached hydrogens (tertiary/aromatic N) is 1. The minimum Gasteiger partial charge on any atom is -0.497 e. The highest BCUT2D eigenvalue weighted by molar-refractivity contribution is 5.82. The summed E-state index contributed by atoms with van der Waals surface area (Å²) < 4.78 is 28.9. The molecule has 0 spiro atoms. The van der Waals surface area contributed by atoms with Crippen LogP contribution in [0.4, 0.5) is 4.39 Å². The third-order valence-corrected chi connectivity index (χ3v) is 4.99. The third kappa shape index (κ3) is 5.04. The first kappa shape index (κ1) is 20.6. The van der Waals surface area contributed by atoms with Gasteiger partial charge in [0.05, 0.1) is 26.7 Å². The molecule has 1 atom stereocenters. The normalized spacial score (nSPS) is 15.8.